The number of phosphoric ester groups is 1. The topological polar surface area (TPSA) is 79.2 Å². The maximum atomic E-state index is 11.6. The Hall–Kier alpha value is 0.0300. The van der Waals surface area contributed by atoms with Crippen LogP contribution >= 0.6 is 7.82 Å². The Morgan fingerprint density at radius 3 is 1.32 bits per heavy atom. The van der Waals surface area contributed by atoms with Gasteiger partial charge in [0.2, 0.25) is 0 Å². The van der Waals surface area contributed by atoms with E-state index >= 15 is 0 Å². The van der Waals surface area contributed by atoms with Crippen molar-refractivity contribution in [3.8, 4) is 0 Å². The number of unbranched alkanes of at least 4 members (excludes halogenated alkanes) is 10. The summed E-state index contributed by atoms with van der Waals surface area (Å²) in [6.07, 6.45) is 13.6. The van der Waals surface area contributed by atoms with E-state index in [0.29, 0.717) is 13.2 Å². The van der Waals surface area contributed by atoms with Gasteiger partial charge in [-0.15, -0.1) is 0 Å². The summed E-state index contributed by atoms with van der Waals surface area (Å²) in [7, 11) is -0.704. The maximum absolute atomic E-state index is 11.6. The lowest BCUT2D eigenvalue weighted by Crippen LogP contribution is -2.01. The van der Waals surface area contributed by atoms with E-state index < -0.39 is 7.82 Å². The molecule has 154 valence electrons. The Morgan fingerprint density at radius 2 is 1.00 bits per heavy atom. The predicted octanol–water partition coefficient (Wildman–Crippen LogP) is 5.78. The molecule has 0 spiro atoms. The maximum Gasteiger partial charge on any atom is 0.472 e. The van der Waals surface area contributed by atoms with Crippen LogP contribution in [0.1, 0.15) is 90.9 Å². The van der Waals surface area contributed by atoms with E-state index in [9.17, 15) is 9.46 Å². The zero-order valence-electron chi connectivity index (χ0n) is 16.9. The van der Waals surface area contributed by atoms with Crippen LogP contribution in [0.2, 0.25) is 0 Å². The molecule has 0 saturated carbocycles. The van der Waals surface area contributed by atoms with Crippen LogP contribution in [-0.4, -0.2) is 42.5 Å². The minimum atomic E-state index is -3.82. The lowest BCUT2D eigenvalue weighted by atomic mass is 10.1. The molecule has 0 heterocycles. The zero-order valence-corrected chi connectivity index (χ0v) is 17.8. The van der Waals surface area contributed by atoms with Crippen molar-refractivity contribution in [2.24, 2.45) is 0 Å². The summed E-state index contributed by atoms with van der Waals surface area (Å²) < 4.78 is 21.5. The molecule has 6 nitrogen and oxygen atoms in total. The summed E-state index contributed by atoms with van der Waals surface area (Å²) in [6.45, 7) is 5.01. The molecule has 0 saturated heterocycles. The molecule has 0 aliphatic heterocycles. The highest BCUT2D eigenvalue weighted by Crippen LogP contribution is 2.43. The van der Waals surface area contributed by atoms with Crippen molar-refractivity contribution in [1.82, 2.24) is 5.06 Å². The van der Waals surface area contributed by atoms with Crippen molar-refractivity contribution < 1.29 is 23.7 Å². The van der Waals surface area contributed by atoms with Gasteiger partial charge in [-0.1, -0.05) is 78.1 Å². The van der Waals surface area contributed by atoms with Crippen LogP contribution in [-0.2, 0) is 13.6 Å². The SMILES string of the molecule is CCCCCCCCOP(=O)(O)OCCCCCCCC.CN(C)O. The fourth-order valence-corrected chi connectivity index (χ4v) is 2.96. The molecule has 7 heteroatoms. The third-order valence-corrected chi connectivity index (χ3v) is 4.52. The quantitative estimate of drug-likeness (QED) is 0.200. The van der Waals surface area contributed by atoms with E-state index in [0.717, 1.165) is 30.7 Å². The molecular formula is C18H42NO5P. The van der Waals surface area contributed by atoms with E-state index in [1.807, 2.05) is 0 Å². The minimum absolute atomic E-state index is 0.316. The molecule has 0 amide bonds. The zero-order chi connectivity index (χ0) is 19.4. The molecule has 0 aromatic rings. The fourth-order valence-electron chi connectivity index (χ4n) is 2.16. The first-order chi connectivity index (χ1) is 11.9. The Labute approximate surface area is 155 Å². The molecule has 2 N–H and O–H groups in total. The summed E-state index contributed by atoms with van der Waals surface area (Å²) in [6, 6.07) is 0. The van der Waals surface area contributed by atoms with Crippen molar-refractivity contribution >= 4 is 7.82 Å². The lowest BCUT2D eigenvalue weighted by molar-refractivity contribution is -0.0372. The third kappa shape index (κ3) is 29.1. The highest BCUT2D eigenvalue weighted by Gasteiger charge is 2.19. The van der Waals surface area contributed by atoms with Crippen LogP contribution in [0.3, 0.4) is 0 Å². The van der Waals surface area contributed by atoms with Gasteiger partial charge in [-0.25, -0.2) is 4.57 Å². The highest BCUT2D eigenvalue weighted by atomic mass is 31.2. The smallest absolute Gasteiger partial charge is 0.315 e. The average molecular weight is 384 g/mol. The van der Waals surface area contributed by atoms with E-state index in [4.69, 9.17) is 14.3 Å². The molecule has 0 radical (unpaired) electrons. The van der Waals surface area contributed by atoms with Crippen LogP contribution in [0.15, 0.2) is 0 Å². The van der Waals surface area contributed by atoms with Crippen LogP contribution in [0.5, 0.6) is 0 Å². The number of hydrogen-bond donors (Lipinski definition) is 2. The average Bonchev–Trinajstić information content (AvgIpc) is 2.52. The summed E-state index contributed by atoms with van der Waals surface area (Å²) in [4.78, 5) is 9.51. The number of hydroxylamine groups is 2. The van der Waals surface area contributed by atoms with E-state index in [1.54, 1.807) is 14.1 Å². The summed E-state index contributed by atoms with van der Waals surface area (Å²) >= 11 is 0. The monoisotopic (exact) mass is 383 g/mol. The first-order valence-corrected chi connectivity index (χ1v) is 11.3. The normalized spacial score (nSPS) is 11.5. The van der Waals surface area contributed by atoms with Gasteiger partial charge in [-0.05, 0) is 12.8 Å². The van der Waals surface area contributed by atoms with E-state index in [1.165, 1.54) is 51.4 Å². The van der Waals surface area contributed by atoms with Gasteiger partial charge in [-0.2, -0.15) is 5.06 Å². The van der Waals surface area contributed by atoms with Crippen LogP contribution in [0, 0.1) is 0 Å². The van der Waals surface area contributed by atoms with Crippen molar-refractivity contribution in [3.05, 3.63) is 0 Å². The summed E-state index contributed by atoms with van der Waals surface area (Å²) in [5, 5.41) is 8.89. The molecule has 0 rings (SSSR count). The Kier molecular flexibility index (Phi) is 22.2. The van der Waals surface area contributed by atoms with Crippen molar-refractivity contribution in [2.75, 3.05) is 27.3 Å². The molecular weight excluding hydrogens is 341 g/mol. The second kappa shape index (κ2) is 20.3. The Morgan fingerprint density at radius 1 is 0.720 bits per heavy atom. The summed E-state index contributed by atoms with van der Waals surface area (Å²) in [5.74, 6) is 0. The fraction of sp³-hybridized carbons (Fsp3) is 1.00. The van der Waals surface area contributed by atoms with Crippen molar-refractivity contribution in [1.29, 1.82) is 0 Å². The summed E-state index contributed by atoms with van der Waals surface area (Å²) in [5.41, 5.74) is 0. The highest BCUT2D eigenvalue weighted by molar-refractivity contribution is 7.47. The molecule has 0 atom stereocenters. The third-order valence-electron chi connectivity index (χ3n) is 3.50. The minimum Gasteiger partial charge on any atom is -0.315 e. The molecule has 0 unspecified atom stereocenters. The largest absolute Gasteiger partial charge is 0.472 e. The van der Waals surface area contributed by atoms with Crippen LogP contribution < -0.4 is 0 Å². The molecule has 25 heavy (non-hydrogen) atoms. The molecule has 0 aliphatic carbocycles. The standard InChI is InChI=1S/C16H35O4P.C2H7NO/c1-3-5-7-9-11-13-15-19-21(17,18)20-16-14-12-10-8-6-4-2;1-3(2)4/h3-16H2,1-2H3,(H,17,18);4H,1-2H3. The van der Waals surface area contributed by atoms with Crippen molar-refractivity contribution in [3.63, 3.8) is 0 Å². The van der Waals surface area contributed by atoms with Crippen LogP contribution in [0.4, 0.5) is 0 Å². The Balaban J connectivity index is 0. The molecule has 0 fully saturated rings. The van der Waals surface area contributed by atoms with Gasteiger partial charge in [0, 0.05) is 14.1 Å². The number of phosphoric acid groups is 1. The molecule has 0 aromatic heterocycles. The van der Waals surface area contributed by atoms with Gasteiger partial charge in [0.15, 0.2) is 0 Å². The first-order valence-electron chi connectivity index (χ1n) is 9.83. The van der Waals surface area contributed by atoms with Gasteiger partial charge in [0.1, 0.15) is 0 Å². The van der Waals surface area contributed by atoms with Gasteiger partial charge in [-0.3, -0.25) is 9.05 Å². The predicted molar refractivity (Wildman–Crippen MR) is 104 cm³/mol. The molecule has 0 bridgehead atoms. The Bertz CT molecular complexity index is 278. The van der Waals surface area contributed by atoms with Gasteiger partial charge in [0.05, 0.1) is 13.2 Å². The lowest BCUT2D eigenvalue weighted by Gasteiger charge is -2.12. The first kappa shape index (κ1) is 27.3. The second-order valence-electron chi connectivity index (χ2n) is 6.52. The number of nitrogens with zero attached hydrogens (tertiary/aromatic N) is 1. The van der Waals surface area contributed by atoms with Gasteiger partial charge >= 0.3 is 7.82 Å². The molecule has 0 aliphatic rings. The van der Waals surface area contributed by atoms with E-state index in [2.05, 4.69) is 13.8 Å². The van der Waals surface area contributed by atoms with Gasteiger partial charge < -0.3 is 10.1 Å². The van der Waals surface area contributed by atoms with Crippen LogP contribution in [0.25, 0.3) is 0 Å². The van der Waals surface area contributed by atoms with Crippen molar-refractivity contribution in [2.45, 2.75) is 90.9 Å². The molecule has 0 aromatic carbocycles. The number of hydrogen-bond acceptors (Lipinski definition) is 5. The van der Waals surface area contributed by atoms with Gasteiger partial charge in [0.25, 0.3) is 0 Å². The van der Waals surface area contributed by atoms with E-state index in [-0.39, 0.29) is 0 Å². The second-order valence-corrected chi connectivity index (χ2v) is 7.97. The number of rotatable bonds is 16.